The molecule has 1 aliphatic heterocycles. The molecular weight excluding hydrogens is 765 g/mol. The van der Waals surface area contributed by atoms with E-state index < -0.39 is 30.3 Å². The summed E-state index contributed by atoms with van der Waals surface area (Å²) in [6, 6.07) is 18.5. The molecule has 15 nitrogen and oxygen atoms in total. The molecule has 3 aromatic carbocycles. The number of Topliss-reactive ketones (excluding diaryl/α,β-unsaturated/α-hetero) is 1. The van der Waals surface area contributed by atoms with E-state index in [2.05, 4.69) is 67.8 Å². The Morgan fingerprint density at radius 2 is 1.35 bits per heavy atom. The van der Waals surface area contributed by atoms with Crippen molar-refractivity contribution in [1.29, 1.82) is 0 Å². The SMILES string of the molecule is CCCCN(Cc1ncc(-c2ccc3cc(-c4ccc(-c5cnc(C6CC(=O)CN6C(=O)C(NC(=O)OC)C(C)C)[nH]5)cc4)ccc3c2)[nH]1)C(=O)C(NC(=O)OC)C(C)C. The fourth-order valence-electron chi connectivity index (χ4n) is 7.41. The van der Waals surface area contributed by atoms with Crippen LogP contribution in [0.2, 0.25) is 0 Å². The summed E-state index contributed by atoms with van der Waals surface area (Å²) in [7, 11) is 2.52. The number of H-pyrrole nitrogens is 2. The highest BCUT2D eigenvalue weighted by Gasteiger charge is 2.41. The summed E-state index contributed by atoms with van der Waals surface area (Å²) in [6.07, 6.45) is 3.99. The zero-order valence-corrected chi connectivity index (χ0v) is 35.2. The van der Waals surface area contributed by atoms with Gasteiger partial charge in [0.25, 0.3) is 0 Å². The van der Waals surface area contributed by atoms with Crippen LogP contribution in [0, 0.1) is 11.8 Å². The number of ketones is 1. The molecule has 1 aliphatic rings. The quantitative estimate of drug-likeness (QED) is 0.0860. The van der Waals surface area contributed by atoms with Gasteiger partial charge in [-0.2, -0.15) is 0 Å². The van der Waals surface area contributed by atoms with E-state index in [0.29, 0.717) is 18.2 Å². The molecule has 0 aliphatic carbocycles. The smallest absolute Gasteiger partial charge is 0.407 e. The molecule has 4 amide bonds. The molecule has 0 bridgehead atoms. The zero-order chi connectivity index (χ0) is 43.1. The third-order valence-corrected chi connectivity index (χ3v) is 10.9. The lowest BCUT2D eigenvalue weighted by atomic mass is 9.98. The number of unbranched alkanes of at least 4 members (excludes halogenated alkanes) is 1. The number of hydrogen-bond acceptors (Lipinski definition) is 9. The number of likely N-dealkylation sites (tertiary alicyclic amines) is 1. The average molecular weight is 819 g/mol. The number of carbonyl (C=O) groups is 5. The topological polar surface area (TPSA) is 192 Å². The Labute approximate surface area is 349 Å². The number of aromatic amines is 2. The number of rotatable bonds is 15. The van der Waals surface area contributed by atoms with Crippen molar-refractivity contribution in [3.05, 3.63) is 84.7 Å². The summed E-state index contributed by atoms with van der Waals surface area (Å²) in [5.41, 5.74) is 5.52. The average Bonchev–Trinajstić information content (AvgIpc) is 4.02. The number of alkyl carbamates (subject to hydrolysis) is 2. The lowest BCUT2D eigenvalue weighted by Gasteiger charge is -2.29. The third kappa shape index (κ3) is 9.84. The number of ether oxygens (including phenoxy) is 2. The van der Waals surface area contributed by atoms with Gasteiger partial charge in [0.15, 0.2) is 5.78 Å². The van der Waals surface area contributed by atoms with E-state index in [0.717, 1.165) is 57.3 Å². The van der Waals surface area contributed by atoms with E-state index >= 15 is 0 Å². The third-order valence-electron chi connectivity index (χ3n) is 10.9. The first-order valence-electron chi connectivity index (χ1n) is 20.3. The first kappa shape index (κ1) is 43.1. The number of benzene rings is 3. The van der Waals surface area contributed by atoms with Gasteiger partial charge in [0.1, 0.15) is 23.7 Å². The van der Waals surface area contributed by atoms with Gasteiger partial charge in [0.2, 0.25) is 11.8 Å². The van der Waals surface area contributed by atoms with Crippen molar-refractivity contribution in [2.24, 2.45) is 11.8 Å². The second kappa shape index (κ2) is 19.0. The lowest BCUT2D eigenvalue weighted by molar-refractivity contribution is -0.136. The van der Waals surface area contributed by atoms with E-state index in [9.17, 15) is 24.0 Å². The van der Waals surface area contributed by atoms with E-state index in [4.69, 9.17) is 9.47 Å². The number of carbonyl (C=O) groups excluding carboxylic acids is 5. The van der Waals surface area contributed by atoms with Gasteiger partial charge in [-0.1, -0.05) is 89.6 Å². The van der Waals surface area contributed by atoms with Gasteiger partial charge < -0.3 is 39.9 Å². The maximum absolute atomic E-state index is 13.6. The molecule has 5 aromatic rings. The Kier molecular flexibility index (Phi) is 13.7. The molecule has 1 fully saturated rings. The first-order valence-corrected chi connectivity index (χ1v) is 20.3. The van der Waals surface area contributed by atoms with Gasteiger partial charge in [-0.25, -0.2) is 19.6 Å². The molecule has 3 heterocycles. The predicted molar refractivity (Wildman–Crippen MR) is 227 cm³/mol. The summed E-state index contributed by atoms with van der Waals surface area (Å²) in [5, 5.41) is 7.42. The van der Waals surface area contributed by atoms with Crippen molar-refractivity contribution in [2.75, 3.05) is 27.3 Å². The molecular formula is C45H54N8O7. The molecule has 15 heteroatoms. The van der Waals surface area contributed by atoms with Gasteiger partial charge in [-0.3, -0.25) is 14.4 Å². The molecule has 0 radical (unpaired) electrons. The standard InChI is InChI=1S/C45H54N8O7/c1-8-9-18-52(42(55)39(26(2)3)50-44(57)59-6)25-38-46-22-36(48-38)33-17-16-31-19-30(14-15-32(31)20-33)28-10-12-29(13-11-28)35-23-47-41(49-35)37-21-34(54)24-53(37)43(56)40(27(4)5)51-45(58)60-7/h10-17,19-20,22-23,26-27,37,39-40H,8-9,18,21,24-25H2,1-7H3,(H,46,48)(H,47,49)(H,50,57)(H,51,58). The van der Waals surface area contributed by atoms with E-state index in [1.165, 1.54) is 19.1 Å². The van der Waals surface area contributed by atoms with Crippen molar-refractivity contribution in [1.82, 2.24) is 40.4 Å². The van der Waals surface area contributed by atoms with Gasteiger partial charge >= 0.3 is 12.2 Å². The molecule has 316 valence electrons. The number of fused-ring (bicyclic) bond motifs is 1. The fraction of sp³-hybridized carbons (Fsp3) is 0.400. The molecule has 4 N–H and O–H groups in total. The molecule has 0 spiro atoms. The fourth-order valence-corrected chi connectivity index (χ4v) is 7.41. The lowest BCUT2D eigenvalue weighted by Crippen LogP contribution is -2.51. The molecule has 3 atom stereocenters. The summed E-state index contributed by atoms with van der Waals surface area (Å²) in [4.78, 5) is 82.8. The van der Waals surface area contributed by atoms with Crippen LogP contribution < -0.4 is 10.6 Å². The first-order chi connectivity index (χ1) is 28.8. The van der Waals surface area contributed by atoms with Crippen LogP contribution in [-0.4, -0.2) is 98.9 Å². The van der Waals surface area contributed by atoms with Crippen LogP contribution in [0.4, 0.5) is 9.59 Å². The van der Waals surface area contributed by atoms with Gasteiger partial charge in [-0.15, -0.1) is 0 Å². The molecule has 1 saturated heterocycles. The highest BCUT2D eigenvalue weighted by Crippen LogP contribution is 2.33. The minimum Gasteiger partial charge on any atom is -0.453 e. The number of imidazole rings is 2. The van der Waals surface area contributed by atoms with Crippen LogP contribution in [0.25, 0.3) is 44.4 Å². The van der Waals surface area contributed by atoms with Crippen molar-refractivity contribution in [3.63, 3.8) is 0 Å². The van der Waals surface area contributed by atoms with Crippen molar-refractivity contribution >= 4 is 40.6 Å². The number of aromatic nitrogens is 4. The van der Waals surface area contributed by atoms with Crippen LogP contribution in [-0.2, 0) is 30.4 Å². The van der Waals surface area contributed by atoms with Crippen LogP contribution >= 0.6 is 0 Å². The number of nitrogens with zero attached hydrogens (tertiary/aromatic N) is 4. The number of amides is 4. The summed E-state index contributed by atoms with van der Waals surface area (Å²) >= 11 is 0. The second-order valence-corrected chi connectivity index (χ2v) is 15.8. The Hall–Kier alpha value is -6.51. The number of nitrogens with one attached hydrogen (secondary N) is 4. The van der Waals surface area contributed by atoms with E-state index in [1.54, 1.807) is 17.3 Å². The van der Waals surface area contributed by atoms with Crippen molar-refractivity contribution < 1.29 is 33.4 Å². The normalized spacial score (nSPS) is 15.0. The maximum Gasteiger partial charge on any atom is 0.407 e. The minimum atomic E-state index is -0.852. The second-order valence-electron chi connectivity index (χ2n) is 15.8. The Morgan fingerprint density at radius 1 is 0.783 bits per heavy atom. The van der Waals surface area contributed by atoms with Crippen LogP contribution in [0.15, 0.2) is 73.1 Å². The monoisotopic (exact) mass is 818 g/mol. The van der Waals surface area contributed by atoms with Gasteiger partial charge in [0, 0.05) is 18.5 Å². The minimum absolute atomic E-state index is 0.0577. The predicted octanol–water partition coefficient (Wildman–Crippen LogP) is 7.02. The summed E-state index contributed by atoms with van der Waals surface area (Å²) in [5.74, 6) is 0.171. The van der Waals surface area contributed by atoms with Crippen molar-refractivity contribution in [2.45, 2.75) is 78.6 Å². The Bertz CT molecular complexity index is 2330. The Morgan fingerprint density at radius 3 is 1.98 bits per heavy atom. The van der Waals surface area contributed by atoms with Crippen LogP contribution in [0.3, 0.4) is 0 Å². The van der Waals surface area contributed by atoms with Crippen molar-refractivity contribution in [3.8, 4) is 33.6 Å². The Balaban J connectivity index is 1.14. The van der Waals surface area contributed by atoms with Gasteiger partial charge in [0.05, 0.1) is 57.1 Å². The zero-order valence-electron chi connectivity index (χ0n) is 35.2. The molecule has 3 unspecified atom stereocenters. The number of methoxy groups -OCH3 is 2. The molecule has 2 aromatic heterocycles. The van der Waals surface area contributed by atoms with Crippen LogP contribution in [0.5, 0.6) is 0 Å². The highest BCUT2D eigenvalue weighted by atomic mass is 16.5. The summed E-state index contributed by atoms with van der Waals surface area (Å²) < 4.78 is 9.48. The number of hydrogen-bond donors (Lipinski definition) is 4. The van der Waals surface area contributed by atoms with Crippen LogP contribution in [0.1, 0.15) is 71.6 Å². The maximum atomic E-state index is 13.6. The van der Waals surface area contributed by atoms with Gasteiger partial charge in [-0.05, 0) is 57.9 Å². The van der Waals surface area contributed by atoms with E-state index in [-0.39, 0.29) is 48.9 Å². The molecule has 60 heavy (non-hydrogen) atoms. The highest BCUT2D eigenvalue weighted by molar-refractivity contribution is 5.94. The molecule has 6 rings (SSSR count). The summed E-state index contributed by atoms with van der Waals surface area (Å²) in [6.45, 7) is 10.2. The largest absolute Gasteiger partial charge is 0.453 e. The molecule has 0 saturated carbocycles. The van der Waals surface area contributed by atoms with E-state index in [1.807, 2.05) is 58.0 Å².